The molecule has 0 radical (unpaired) electrons. The van der Waals surface area contributed by atoms with Crippen molar-refractivity contribution in [3.8, 4) is 0 Å². The zero-order valence-electron chi connectivity index (χ0n) is 10.0. The van der Waals surface area contributed by atoms with E-state index in [0.29, 0.717) is 12.4 Å². The van der Waals surface area contributed by atoms with Crippen LogP contribution in [-0.2, 0) is 0 Å². The van der Waals surface area contributed by atoms with E-state index in [1.807, 2.05) is 0 Å². The topological polar surface area (TPSA) is 84.1 Å². The van der Waals surface area contributed by atoms with Gasteiger partial charge in [0.2, 0.25) is 5.95 Å². The zero-order chi connectivity index (χ0) is 12.1. The molecule has 0 saturated heterocycles. The monoisotopic (exact) mass is 236 g/mol. The number of aliphatic hydroxyl groups is 1. The molecule has 94 valence electrons. The predicted octanol–water partition coefficient (Wildman–Crippen LogP) is 1.56. The van der Waals surface area contributed by atoms with Gasteiger partial charge in [-0.3, -0.25) is 0 Å². The van der Waals surface area contributed by atoms with Crippen molar-refractivity contribution in [1.82, 2.24) is 9.97 Å². The Morgan fingerprint density at radius 1 is 1.29 bits per heavy atom. The largest absolute Gasteiger partial charge is 0.388 e. The Hall–Kier alpha value is -1.36. The van der Waals surface area contributed by atoms with E-state index in [-0.39, 0.29) is 5.95 Å². The maximum absolute atomic E-state index is 10.4. The molecule has 0 spiro atoms. The van der Waals surface area contributed by atoms with Gasteiger partial charge in [-0.1, -0.05) is 25.7 Å². The van der Waals surface area contributed by atoms with Gasteiger partial charge in [0, 0.05) is 12.7 Å². The van der Waals surface area contributed by atoms with Crippen LogP contribution in [0.1, 0.15) is 38.5 Å². The summed E-state index contributed by atoms with van der Waals surface area (Å²) in [6, 6.07) is 1.76. The first-order valence-corrected chi connectivity index (χ1v) is 6.23. The van der Waals surface area contributed by atoms with Gasteiger partial charge in [-0.05, 0) is 18.9 Å². The summed E-state index contributed by atoms with van der Waals surface area (Å²) in [4.78, 5) is 7.89. The fraction of sp³-hybridized carbons (Fsp3) is 0.667. The number of aromatic nitrogens is 2. The first-order chi connectivity index (χ1) is 8.18. The molecule has 1 aliphatic rings. The molecular weight excluding hydrogens is 216 g/mol. The molecule has 0 atom stereocenters. The molecule has 0 unspecified atom stereocenters. The molecule has 1 aromatic rings. The minimum atomic E-state index is -0.601. The Morgan fingerprint density at radius 3 is 2.65 bits per heavy atom. The highest BCUT2D eigenvalue weighted by Gasteiger charge is 2.27. The molecule has 17 heavy (non-hydrogen) atoms. The van der Waals surface area contributed by atoms with Crippen LogP contribution in [0.4, 0.5) is 11.8 Å². The molecular formula is C12H20N4O. The Bertz CT molecular complexity index is 361. The minimum absolute atomic E-state index is 0.253. The summed E-state index contributed by atoms with van der Waals surface area (Å²) >= 11 is 0. The van der Waals surface area contributed by atoms with E-state index in [2.05, 4.69) is 15.3 Å². The van der Waals surface area contributed by atoms with E-state index in [1.54, 1.807) is 12.3 Å². The van der Waals surface area contributed by atoms with Crippen molar-refractivity contribution in [3.63, 3.8) is 0 Å². The lowest BCUT2D eigenvalue weighted by Crippen LogP contribution is -2.36. The second kappa shape index (κ2) is 5.31. The molecule has 4 N–H and O–H groups in total. The van der Waals surface area contributed by atoms with Gasteiger partial charge in [-0.25, -0.2) is 4.98 Å². The van der Waals surface area contributed by atoms with Crippen LogP contribution < -0.4 is 11.1 Å². The number of nitrogens with zero attached hydrogens (tertiary/aromatic N) is 2. The lowest BCUT2D eigenvalue weighted by molar-refractivity contribution is 0.0380. The van der Waals surface area contributed by atoms with Crippen molar-refractivity contribution in [2.45, 2.75) is 44.1 Å². The van der Waals surface area contributed by atoms with Crippen LogP contribution in [0.2, 0.25) is 0 Å². The number of hydrogen-bond acceptors (Lipinski definition) is 5. The van der Waals surface area contributed by atoms with Crippen molar-refractivity contribution >= 4 is 11.8 Å². The van der Waals surface area contributed by atoms with Crippen LogP contribution in [0.3, 0.4) is 0 Å². The summed E-state index contributed by atoms with van der Waals surface area (Å²) < 4.78 is 0. The molecule has 2 rings (SSSR count). The van der Waals surface area contributed by atoms with E-state index in [0.717, 1.165) is 25.7 Å². The second-order valence-corrected chi connectivity index (χ2v) is 4.79. The van der Waals surface area contributed by atoms with Crippen molar-refractivity contribution in [3.05, 3.63) is 12.3 Å². The normalized spacial score (nSPS) is 19.6. The van der Waals surface area contributed by atoms with Crippen LogP contribution in [0, 0.1) is 0 Å². The number of hydrogen-bond donors (Lipinski definition) is 3. The third-order valence-corrected chi connectivity index (χ3v) is 3.31. The summed E-state index contributed by atoms with van der Waals surface area (Å²) in [5.74, 6) is 0.929. The van der Waals surface area contributed by atoms with Gasteiger partial charge >= 0.3 is 0 Å². The van der Waals surface area contributed by atoms with E-state index in [1.165, 1.54) is 12.8 Å². The molecule has 1 fully saturated rings. The fourth-order valence-corrected chi connectivity index (χ4v) is 2.29. The van der Waals surface area contributed by atoms with Gasteiger partial charge in [0.1, 0.15) is 5.82 Å². The highest BCUT2D eigenvalue weighted by molar-refractivity contribution is 5.37. The van der Waals surface area contributed by atoms with Gasteiger partial charge < -0.3 is 16.2 Å². The van der Waals surface area contributed by atoms with Crippen molar-refractivity contribution < 1.29 is 5.11 Å². The smallest absolute Gasteiger partial charge is 0.221 e. The Morgan fingerprint density at radius 2 is 2.00 bits per heavy atom. The Kier molecular flexibility index (Phi) is 3.78. The van der Waals surface area contributed by atoms with Crippen molar-refractivity contribution in [2.24, 2.45) is 0 Å². The quantitative estimate of drug-likeness (QED) is 0.693. The summed E-state index contributed by atoms with van der Waals surface area (Å²) in [7, 11) is 0. The Labute approximate surface area is 101 Å². The van der Waals surface area contributed by atoms with Crippen molar-refractivity contribution in [1.29, 1.82) is 0 Å². The van der Waals surface area contributed by atoms with Gasteiger partial charge in [-0.15, -0.1) is 0 Å². The standard InChI is InChI=1S/C12H20N4O/c13-11-14-8-5-10(16-11)15-9-12(17)6-3-1-2-4-7-12/h5,8,17H,1-4,6-7,9H2,(H3,13,14,15,16). The lowest BCUT2D eigenvalue weighted by Gasteiger charge is -2.27. The molecule has 5 heteroatoms. The van der Waals surface area contributed by atoms with Crippen LogP contribution in [0.25, 0.3) is 0 Å². The third-order valence-electron chi connectivity index (χ3n) is 3.31. The first-order valence-electron chi connectivity index (χ1n) is 6.23. The average molecular weight is 236 g/mol. The van der Waals surface area contributed by atoms with E-state index < -0.39 is 5.60 Å². The molecule has 1 heterocycles. The second-order valence-electron chi connectivity index (χ2n) is 4.79. The molecule has 0 bridgehead atoms. The van der Waals surface area contributed by atoms with Gasteiger partial charge in [-0.2, -0.15) is 4.98 Å². The fourth-order valence-electron chi connectivity index (χ4n) is 2.29. The summed E-state index contributed by atoms with van der Waals surface area (Å²) in [6.45, 7) is 0.531. The molecule has 0 amide bonds. The molecule has 0 aromatic carbocycles. The average Bonchev–Trinajstić information content (AvgIpc) is 2.53. The van der Waals surface area contributed by atoms with Crippen LogP contribution in [-0.4, -0.2) is 27.2 Å². The lowest BCUT2D eigenvalue weighted by atomic mass is 9.94. The highest BCUT2D eigenvalue weighted by atomic mass is 16.3. The summed E-state index contributed by atoms with van der Waals surface area (Å²) in [5.41, 5.74) is 4.90. The molecule has 1 aliphatic carbocycles. The minimum Gasteiger partial charge on any atom is -0.388 e. The highest BCUT2D eigenvalue weighted by Crippen LogP contribution is 2.27. The predicted molar refractivity (Wildman–Crippen MR) is 67.6 cm³/mol. The zero-order valence-corrected chi connectivity index (χ0v) is 10.0. The first kappa shape index (κ1) is 12.1. The number of nitrogens with one attached hydrogen (secondary N) is 1. The van der Waals surface area contributed by atoms with Crippen LogP contribution >= 0.6 is 0 Å². The number of anilines is 2. The van der Waals surface area contributed by atoms with Gasteiger partial charge in [0.05, 0.1) is 5.60 Å². The Balaban J connectivity index is 1.92. The molecule has 5 nitrogen and oxygen atoms in total. The maximum atomic E-state index is 10.4. The number of nitrogen functional groups attached to an aromatic ring is 1. The van der Waals surface area contributed by atoms with Gasteiger partial charge in [0.25, 0.3) is 0 Å². The van der Waals surface area contributed by atoms with Crippen molar-refractivity contribution in [2.75, 3.05) is 17.6 Å². The van der Waals surface area contributed by atoms with Crippen LogP contribution in [0.15, 0.2) is 12.3 Å². The number of nitrogens with two attached hydrogens (primary N) is 1. The SMILES string of the molecule is Nc1nccc(NCC2(O)CCCCCC2)n1. The maximum Gasteiger partial charge on any atom is 0.221 e. The molecule has 1 aromatic heterocycles. The van der Waals surface area contributed by atoms with E-state index in [9.17, 15) is 5.11 Å². The molecule has 1 saturated carbocycles. The summed E-state index contributed by atoms with van der Waals surface area (Å²) in [6.07, 6.45) is 7.99. The van der Waals surface area contributed by atoms with E-state index in [4.69, 9.17) is 5.73 Å². The van der Waals surface area contributed by atoms with Crippen LogP contribution in [0.5, 0.6) is 0 Å². The third kappa shape index (κ3) is 3.56. The summed E-state index contributed by atoms with van der Waals surface area (Å²) in [5, 5.41) is 13.6. The molecule has 0 aliphatic heterocycles. The van der Waals surface area contributed by atoms with Gasteiger partial charge in [0.15, 0.2) is 0 Å². The van der Waals surface area contributed by atoms with E-state index >= 15 is 0 Å². The number of rotatable bonds is 3.